The van der Waals surface area contributed by atoms with E-state index in [2.05, 4.69) is 5.32 Å². The van der Waals surface area contributed by atoms with E-state index in [0.717, 1.165) is 12.1 Å². The Morgan fingerprint density at radius 3 is 2.62 bits per heavy atom. The number of carbonyl (C=O) groups is 2. The molecule has 0 aliphatic heterocycles. The number of hydrogen-bond donors (Lipinski definition) is 2. The number of aldehydes is 1. The number of aromatic hydroxyl groups is 1. The number of phenolic OH excluding ortho intramolecular Hbond substituents is 1. The number of nitro benzene ring substituents is 1. The van der Waals surface area contributed by atoms with Crippen LogP contribution in [0.25, 0.3) is 0 Å². The van der Waals surface area contributed by atoms with Gasteiger partial charge in [0.15, 0.2) is 6.29 Å². The Labute approximate surface area is 89.8 Å². The van der Waals surface area contributed by atoms with Crippen LogP contribution in [0.4, 0.5) is 11.4 Å². The SMILES string of the molecule is CC(=O)Nc1cc(O)c(C=O)cc1[N+](=O)[O-]. The van der Waals surface area contributed by atoms with Gasteiger partial charge in [0, 0.05) is 19.1 Å². The van der Waals surface area contributed by atoms with Gasteiger partial charge in [0.1, 0.15) is 11.4 Å². The number of anilines is 1. The molecule has 2 N–H and O–H groups in total. The van der Waals surface area contributed by atoms with Crippen molar-refractivity contribution >= 4 is 23.6 Å². The molecule has 84 valence electrons. The van der Waals surface area contributed by atoms with Crippen LogP contribution < -0.4 is 5.32 Å². The maximum Gasteiger partial charge on any atom is 0.293 e. The molecule has 0 aliphatic rings. The number of phenols is 1. The average molecular weight is 224 g/mol. The lowest BCUT2D eigenvalue weighted by atomic mass is 10.1. The second kappa shape index (κ2) is 4.39. The molecule has 0 saturated carbocycles. The molecule has 1 aromatic carbocycles. The highest BCUT2D eigenvalue weighted by atomic mass is 16.6. The molecular weight excluding hydrogens is 216 g/mol. The number of nitrogens with zero attached hydrogens (tertiary/aromatic N) is 1. The lowest BCUT2D eigenvalue weighted by molar-refractivity contribution is -0.384. The molecule has 0 aromatic heterocycles. The molecule has 1 aromatic rings. The zero-order valence-electron chi connectivity index (χ0n) is 8.26. The Hall–Kier alpha value is -2.44. The summed E-state index contributed by atoms with van der Waals surface area (Å²) in [7, 11) is 0. The summed E-state index contributed by atoms with van der Waals surface area (Å²) in [5.41, 5.74) is -0.809. The molecule has 0 spiro atoms. The maximum absolute atomic E-state index is 10.8. The first-order chi connectivity index (χ1) is 7.45. The molecule has 0 heterocycles. The van der Waals surface area contributed by atoms with Crippen molar-refractivity contribution in [3.05, 3.63) is 27.8 Å². The number of carbonyl (C=O) groups excluding carboxylic acids is 2. The smallest absolute Gasteiger partial charge is 0.293 e. The molecule has 0 bridgehead atoms. The van der Waals surface area contributed by atoms with Crippen LogP contribution in [-0.4, -0.2) is 22.2 Å². The Balaban J connectivity index is 3.35. The molecule has 0 fully saturated rings. The zero-order chi connectivity index (χ0) is 12.3. The van der Waals surface area contributed by atoms with Crippen molar-refractivity contribution in [3.63, 3.8) is 0 Å². The summed E-state index contributed by atoms with van der Waals surface area (Å²) in [4.78, 5) is 31.1. The van der Waals surface area contributed by atoms with E-state index in [0.29, 0.717) is 6.29 Å². The van der Waals surface area contributed by atoms with E-state index in [4.69, 9.17) is 0 Å². The molecule has 0 aliphatic carbocycles. The van der Waals surface area contributed by atoms with E-state index < -0.39 is 22.3 Å². The number of nitro groups is 1. The van der Waals surface area contributed by atoms with Crippen molar-refractivity contribution in [1.29, 1.82) is 0 Å². The molecule has 16 heavy (non-hydrogen) atoms. The summed E-state index contributed by atoms with van der Waals surface area (Å²) in [6.07, 6.45) is 0.292. The first kappa shape index (κ1) is 11.6. The van der Waals surface area contributed by atoms with Crippen molar-refractivity contribution < 1.29 is 19.6 Å². The number of hydrogen-bond acceptors (Lipinski definition) is 5. The number of rotatable bonds is 3. The van der Waals surface area contributed by atoms with Gasteiger partial charge in [0.25, 0.3) is 5.69 Å². The van der Waals surface area contributed by atoms with Crippen molar-refractivity contribution in [1.82, 2.24) is 0 Å². The van der Waals surface area contributed by atoms with Gasteiger partial charge in [-0.25, -0.2) is 0 Å². The van der Waals surface area contributed by atoms with Crippen LogP contribution in [0, 0.1) is 10.1 Å². The van der Waals surface area contributed by atoms with E-state index in [1.165, 1.54) is 6.92 Å². The van der Waals surface area contributed by atoms with Crippen LogP contribution >= 0.6 is 0 Å². The maximum atomic E-state index is 10.8. The van der Waals surface area contributed by atoms with Gasteiger partial charge < -0.3 is 10.4 Å². The van der Waals surface area contributed by atoms with Gasteiger partial charge in [-0.15, -0.1) is 0 Å². The second-order valence-electron chi connectivity index (χ2n) is 2.98. The van der Waals surface area contributed by atoms with Crippen LogP contribution in [0.15, 0.2) is 12.1 Å². The normalized spacial score (nSPS) is 9.56. The largest absolute Gasteiger partial charge is 0.507 e. The van der Waals surface area contributed by atoms with Crippen molar-refractivity contribution in [3.8, 4) is 5.75 Å². The van der Waals surface area contributed by atoms with Gasteiger partial charge in [-0.1, -0.05) is 0 Å². The molecule has 0 radical (unpaired) electrons. The summed E-state index contributed by atoms with van der Waals surface area (Å²) in [6, 6.07) is 1.86. The van der Waals surface area contributed by atoms with Gasteiger partial charge >= 0.3 is 0 Å². The van der Waals surface area contributed by atoms with E-state index in [-0.39, 0.29) is 11.3 Å². The summed E-state index contributed by atoms with van der Waals surface area (Å²) >= 11 is 0. The van der Waals surface area contributed by atoms with Crippen LogP contribution in [0.3, 0.4) is 0 Å². The fraction of sp³-hybridized carbons (Fsp3) is 0.111. The molecule has 0 saturated heterocycles. The summed E-state index contributed by atoms with van der Waals surface area (Å²) in [5.74, 6) is -0.939. The lowest BCUT2D eigenvalue weighted by Gasteiger charge is -2.05. The third-order valence-electron chi connectivity index (χ3n) is 1.78. The number of amides is 1. The monoisotopic (exact) mass is 224 g/mol. The summed E-state index contributed by atoms with van der Waals surface area (Å²) in [5, 5.41) is 22.1. The molecular formula is C9H8N2O5. The van der Waals surface area contributed by atoms with Gasteiger partial charge in [0.05, 0.1) is 10.5 Å². The predicted molar refractivity (Wildman–Crippen MR) is 54.5 cm³/mol. The minimum atomic E-state index is -0.752. The molecule has 7 heteroatoms. The molecule has 0 unspecified atom stereocenters. The van der Waals surface area contributed by atoms with Crippen LogP contribution in [0.5, 0.6) is 5.75 Å². The Morgan fingerprint density at radius 1 is 1.56 bits per heavy atom. The van der Waals surface area contributed by atoms with Gasteiger partial charge in [0.2, 0.25) is 5.91 Å². The highest BCUT2D eigenvalue weighted by Gasteiger charge is 2.18. The standard InChI is InChI=1S/C9H8N2O5/c1-5(13)10-7-3-9(14)6(4-12)2-8(7)11(15)16/h2-4,14H,1H3,(H,10,13). The van der Waals surface area contributed by atoms with Gasteiger partial charge in [-0.2, -0.15) is 0 Å². The minimum absolute atomic E-state index is 0.152. The van der Waals surface area contributed by atoms with Crippen molar-refractivity contribution in [2.75, 3.05) is 5.32 Å². The topological polar surface area (TPSA) is 110 Å². The minimum Gasteiger partial charge on any atom is -0.507 e. The first-order valence-electron chi connectivity index (χ1n) is 4.20. The summed E-state index contributed by atoms with van der Waals surface area (Å²) in [6.45, 7) is 1.18. The van der Waals surface area contributed by atoms with Gasteiger partial charge in [-0.3, -0.25) is 19.7 Å². The van der Waals surface area contributed by atoms with Crippen LogP contribution in [0.1, 0.15) is 17.3 Å². The van der Waals surface area contributed by atoms with Crippen LogP contribution in [0.2, 0.25) is 0 Å². The van der Waals surface area contributed by atoms with E-state index in [9.17, 15) is 24.8 Å². The Morgan fingerprint density at radius 2 is 2.19 bits per heavy atom. The average Bonchev–Trinajstić information content (AvgIpc) is 2.16. The zero-order valence-corrected chi connectivity index (χ0v) is 8.26. The second-order valence-corrected chi connectivity index (χ2v) is 2.98. The van der Waals surface area contributed by atoms with Crippen molar-refractivity contribution in [2.45, 2.75) is 6.92 Å². The number of benzene rings is 1. The molecule has 0 atom stereocenters. The highest BCUT2D eigenvalue weighted by molar-refractivity contribution is 5.93. The molecule has 7 nitrogen and oxygen atoms in total. The molecule has 1 amide bonds. The van der Waals surface area contributed by atoms with E-state index in [1.54, 1.807) is 0 Å². The molecule has 1 rings (SSSR count). The first-order valence-corrected chi connectivity index (χ1v) is 4.20. The van der Waals surface area contributed by atoms with Crippen molar-refractivity contribution in [2.24, 2.45) is 0 Å². The summed E-state index contributed by atoms with van der Waals surface area (Å²) < 4.78 is 0. The third kappa shape index (κ3) is 2.32. The lowest BCUT2D eigenvalue weighted by Crippen LogP contribution is -2.08. The van der Waals surface area contributed by atoms with Gasteiger partial charge in [-0.05, 0) is 0 Å². The van der Waals surface area contributed by atoms with Crippen LogP contribution in [-0.2, 0) is 4.79 Å². The number of nitrogens with one attached hydrogen (secondary N) is 1. The Bertz CT molecular complexity index is 469. The highest BCUT2D eigenvalue weighted by Crippen LogP contribution is 2.31. The third-order valence-corrected chi connectivity index (χ3v) is 1.78. The quantitative estimate of drug-likeness (QED) is 0.453. The Kier molecular flexibility index (Phi) is 3.19. The fourth-order valence-electron chi connectivity index (χ4n) is 1.13. The van der Waals surface area contributed by atoms with E-state index in [1.807, 2.05) is 0 Å². The fourth-order valence-corrected chi connectivity index (χ4v) is 1.13. The van der Waals surface area contributed by atoms with E-state index >= 15 is 0 Å². The predicted octanol–water partition coefficient (Wildman–Crippen LogP) is 1.07.